The monoisotopic (exact) mass is 328 g/mol. The normalized spacial score (nSPS) is 12.3. The number of nitrogens with zero attached hydrogens (tertiary/aromatic N) is 2. The van der Waals surface area contributed by atoms with Gasteiger partial charge in [-0.2, -0.15) is 0 Å². The lowest BCUT2D eigenvalue weighted by molar-refractivity contribution is -0.118. The van der Waals surface area contributed by atoms with Crippen molar-refractivity contribution in [2.45, 2.75) is 52.0 Å². The fourth-order valence-corrected chi connectivity index (χ4v) is 2.03. The summed E-state index contributed by atoms with van der Waals surface area (Å²) in [4.78, 5) is 19.9. The third-order valence-corrected chi connectivity index (χ3v) is 2.85. The topological polar surface area (TPSA) is 80.9 Å². The molecule has 0 aliphatic rings. The molecule has 1 aromatic heterocycles. The van der Waals surface area contributed by atoms with Gasteiger partial charge in [-0.25, -0.2) is 9.97 Å². The van der Waals surface area contributed by atoms with Gasteiger partial charge in [0.05, 0.1) is 0 Å². The van der Waals surface area contributed by atoms with E-state index in [4.69, 9.17) is 5.73 Å². The molecule has 0 saturated heterocycles. The highest BCUT2D eigenvalue weighted by Crippen LogP contribution is 2.24. The van der Waals surface area contributed by atoms with Gasteiger partial charge < -0.3 is 11.1 Å². The average Bonchev–Trinajstić information content (AvgIpc) is 2.11. The summed E-state index contributed by atoms with van der Waals surface area (Å²) in [6, 6.07) is 1.79. The molecule has 6 heteroatoms. The van der Waals surface area contributed by atoms with Gasteiger partial charge in [-0.15, -0.1) is 0 Å². The molecule has 1 aromatic rings. The van der Waals surface area contributed by atoms with E-state index in [0.717, 1.165) is 5.82 Å². The number of nitrogens with two attached hydrogens (primary N) is 1. The number of amides is 1. The summed E-state index contributed by atoms with van der Waals surface area (Å²) < 4.78 is 0.713. The number of nitrogens with one attached hydrogen (secondary N) is 1. The molecular formula is C13H21BrN4O. The Morgan fingerprint density at radius 3 is 2.37 bits per heavy atom. The fraction of sp³-hybridized carbons (Fsp3) is 0.615. The van der Waals surface area contributed by atoms with E-state index in [1.54, 1.807) is 6.07 Å². The van der Waals surface area contributed by atoms with Crippen molar-refractivity contribution in [2.75, 3.05) is 5.32 Å². The molecule has 0 saturated carbocycles. The minimum atomic E-state index is -0.450. The number of aromatic nitrogens is 2. The van der Waals surface area contributed by atoms with Gasteiger partial charge in [-0.1, -0.05) is 20.8 Å². The van der Waals surface area contributed by atoms with Crippen molar-refractivity contribution in [1.29, 1.82) is 0 Å². The van der Waals surface area contributed by atoms with Crippen molar-refractivity contribution in [1.82, 2.24) is 9.97 Å². The Morgan fingerprint density at radius 2 is 1.89 bits per heavy atom. The van der Waals surface area contributed by atoms with Crippen LogP contribution >= 0.6 is 15.9 Å². The predicted octanol–water partition coefficient (Wildman–Crippen LogP) is 2.60. The largest absolute Gasteiger partial charge is 0.370 e. The average molecular weight is 329 g/mol. The van der Waals surface area contributed by atoms with Crippen molar-refractivity contribution < 1.29 is 4.79 Å². The zero-order valence-corrected chi connectivity index (χ0v) is 13.6. The second kappa shape index (κ2) is 5.45. The molecule has 0 aliphatic heterocycles. The minimum Gasteiger partial charge on any atom is -0.370 e. The molecule has 0 aromatic carbocycles. The maximum absolute atomic E-state index is 11.0. The van der Waals surface area contributed by atoms with Crippen LogP contribution in [-0.4, -0.2) is 21.4 Å². The van der Waals surface area contributed by atoms with Gasteiger partial charge in [-0.3, -0.25) is 4.79 Å². The highest BCUT2D eigenvalue weighted by molar-refractivity contribution is 9.10. The van der Waals surface area contributed by atoms with E-state index in [2.05, 4.69) is 31.2 Å². The van der Waals surface area contributed by atoms with Gasteiger partial charge in [0.15, 0.2) is 0 Å². The van der Waals surface area contributed by atoms with Crippen LogP contribution < -0.4 is 11.1 Å². The summed E-state index contributed by atoms with van der Waals surface area (Å²) in [6.07, 6.45) is 0.236. The number of carbonyl (C=O) groups is 1. The van der Waals surface area contributed by atoms with Gasteiger partial charge in [-0.05, 0) is 29.8 Å². The van der Waals surface area contributed by atoms with Crippen molar-refractivity contribution in [3.05, 3.63) is 16.5 Å². The summed E-state index contributed by atoms with van der Waals surface area (Å²) >= 11 is 3.38. The molecule has 0 spiro atoms. The zero-order chi connectivity index (χ0) is 14.8. The van der Waals surface area contributed by atoms with E-state index < -0.39 is 5.54 Å². The summed E-state index contributed by atoms with van der Waals surface area (Å²) in [5.41, 5.74) is 4.65. The number of primary amides is 1. The number of hydrogen-bond acceptors (Lipinski definition) is 4. The highest BCUT2D eigenvalue weighted by atomic mass is 79.9. The van der Waals surface area contributed by atoms with Crippen LogP contribution in [0, 0.1) is 0 Å². The lowest BCUT2D eigenvalue weighted by Gasteiger charge is -2.26. The first-order valence-corrected chi connectivity index (χ1v) is 6.90. The van der Waals surface area contributed by atoms with Crippen LogP contribution in [0.2, 0.25) is 0 Å². The van der Waals surface area contributed by atoms with E-state index >= 15 is 0 Å². The maximum atomic E-state index is 11.0. The molecule has 1 rings (SSSR count). The Bertz CT molecular complexity index is 480. The number of hydrogen-bond donors (Lipinski definition) is 2. The lowest BCUT2D eigenvalue weighted by Crippen LogP contribution is -2.36. The van der Waals surface area contributed by atoms with E-state index in [1.807, 2.05) is 34.6 Å². The molecule has 0 fully saturated rings. The molecule has 19 heavy (non-hydrogen) atoms. The van der Waals surface area contributed by atoms with Crippen LogP contribution in [0.3, 0.4) is 0 Å². The molecule has 0 bridgehead atoms. The maximum Gasteiger partial charge on any atom is 0.219 e. The van der Waals surface area contributed by atoms with Crippen molar-refractivity contribution in [3.63, 3.8) is 0 Å². The molecule has 5 nitrogen and oxygen atoms in total. The first-order valence-electron chi connectivity index (χ1n) is 6.11. The molecule has 0 atom stereocenters. The van der Waals surface area contributed by atoms with E-state index in [1.165, 1.54) is 0 Å². The van der Waals surface area contributed by atoms with Gasteiger partial charge in [0.2, 0.25) is 5.91 Å². The second-order valence-corrected chi connectivity index (χ2v) is 7.11. The fourth-order valence-electron chi connectivity index (χ4n) is 1.64. The summed E-state index contributed by atoms with van der Waals surface area (Å²) in [6.45, 7) is 9.96. The number of halogens is 1. The SMILES string of the molecule is CC(C)(CC(N)=O)Nc1cc(Br)nc(C(C)(C)C)n1. The molecule has 106 valence electrons. The van der Waals surface area contributed by atoms with Gasteiger partial charge >= 0.3 is 0 Å². The van der Waals surface area contributed by atoms with Crippen LogP contribution in [0.25, 0.3) is 0 Å². The Balaban J connectivity index is 3.02. The molecule has 0 aliphatic carbocycles. The van der Waals surface area contributed by atoms with E-state index in [9.17, 15) is 4.79 Å². The van der Waals surface area contributed by atoms with Crippen LogP contribution in [0.1, 0.15) is 46.9 Å². The Hall–Kier alpha value is -1.17. The number of rotatable bonds is 4. The highest BCUT2D eigenvalue weighted by Gasteiger charge is 2.23. The predicted molar refractivity (Wildman–Crippen MR) is 79.9 cm³/mol. The van der Waals surface area contributed by atoms with Crippen LogP contribution in [0.15, 0.2) is 10.7 Å². The van der Waals surface area contributed by atoms with Crippen molar-refractivity contribution in [2.24, 2.45) is 5.73 Å². The minimum absolute atomic E-state index is 0.145. The van der Waals surface area contributed by atoms with E-state index in [-0.39, 0.29) is 17.7 Å². The molecule has 3 N–H and O–H groups in total. The lowest BCUT2D eigenvalue weighted by atomic mass is 9.95. The summed E-state index contributed by atoms with van der Waals surface area (Å²) in [5, 5.41) is 3.22. The Labute approximate surface area is 122 Å². The molecule has 1 heterocycles. The summed E-state index contributed by atoms with van der Waals surface area (Å²) in [5.74, 6) is 1.07. The molecule has 1 amide bonds. The van der Waals surface area contributed by atoms with Crippen LogP contribution in [-0.2, 0) is 10.2 Å². The van der Waals surface area contributed by atoms with Gasteiger partial charge in [0.25, 0.3) is 0 Å². The van der Waals surface area contributed by atoms with Crippen LogP contribution in [0.5, 0.6) is 0 Å². The van der Waals surface area contributed by atoms with Crippen molar-refractivity contribution in [3.8, 4) is 0 Å². The molecule has 0 radical (unpaired) electrons. The Kier molecular flexibility index (Phi) is 4.55. The smallest absolute Gasteiger partial charge is 0.219 e. The van der Waals surface area contributed by atoms with Gasteiger partial charge in [0.1, 0.15) is 16.2 Å². The standard InChI is InChI=1S/C13H21BrN4O/c1-12(2,3)11-16-8(14)6-10(17-11)18-13(4,5)7-9(15)19/h6H,7H2,1-5H3,(H2,15,19)(H,16,17,18). The van der Waals surface area contributed by atoms with Crippen LogP contribution in [0.4, 0.5) is 5.82 Å². The third-order valence-electron chi connectivity index (χ3n) is 2.45. The first kappa shape index (κ1) is 15.9. The van der Waals surface area contributed by atoms with Gasteiger partial charge in [0, 0.05) is 23.4 Å². The molecule has 0 unspecified atom stereocenters. The third kappa shape index (κ3) is 5.14. The second-order valence-electron chi connectivity index (χ2n) is 6.30. The van der Waals surface area contributed by atoms with E-state index in [0.29, 0.717) is 10.4 Å². The zero-order valence-electron chi connectivity index (χ0n) is 12.0. The van der Waals surface area contributed by atoms with Crippen molar-refractivity contribution >= 4 is 27.7 Å². The Morgan fingerprint density at radius 1 is 1.32 bits per heavy atom. The summed E-state index contributed by atoms with van der Waals surface area (Å²) in [7, 11) is 0. The quantitative estimate of drug-likeness (QED) is 0.832. The number of anilines is 1. The molecular weight excluding hydrogens is 308 g/mol. The first-order chi connectivity index (χ1) is 8.49. The number of carbonyl (C=O) groups excluding carboxylic acids is 1.